The summed E-state index contributed by atoms with van der Waals surface area (Å²) in [6.07, 6.45) is 9.70. The van der Waals surface area contributed by atoms with Crippen LogP contribution in [0.1, 0.15) is 30.7 Å². The maximum absolute atomic E-state index is 15.4. The van der Waals surface area contributed by atoms with Crippen LogP contribution in [0, 0.1) is 5.82 Å². The first-order chi connectivity index (χ1) is 14.6. The number of ether oxygens (including phenoxy) is 1. The fourth-order valence-corrected chi connectivity index (χ4v) is 3.30. The van der Waals surface area contributed by atoms with Gasteiger partial charge in [0, 0.05) is 17.7 Å². The molecule has 1 saturated carbocycles. The van der Waals surface area contributed by atoms with Gasteiger partial charge in [-0.25, -0.2) is 19.3 Å². The van der Waals surface area contributed by atoms with E-state index in [0.717, 1.165) is 24.8 Å². The Balaban J connectivity index is 1.51. The Kier molecular flexibility index (Phi) is 5.99. The van der Waals surface area contributed by atoms with Gasteiger partial charge >= 0.3 is 0 Å². The van der Waals surface area contributed by atoms with Crippen molar-refractivity contribution >= 4 is 11.5 Å². The zero-order valence-electron chi connectivity index (χ0n) is 16.3. The molecule has 0 bridgehead atoms. The van der Waals surface area contributed by atoms with Crippen LogP contribution in [-0.4, -0.2) is 44.3 Å². The minimum absolute atomic E-state index is 0.0613. The SMILES string of the molecule is Nc1cnc(-c2ccc(C3CCC3)c(OCC(O)CNc3cncnc3)c2F)cn1. The Morgan fingerprint density at radius 2 is 1.97 bits per heavy atom. The standard InChI is InChI=1S/C21H23FN6O2/c22-20-17(18-9-28-19(23)10-27-18)5-4-16(13-2-1-3-13)21(20)30-11-15(29)8-26-14-6-24-12-25-7-14/h4-7,9-10,12-13,15,26,29H,1-3,8,11H2,(H2,23,28). The van der Waals surface area contributed by atoms with Gasteiger partial charge in [0.2, 0.25) is 0 Å². The van der Waals surface area contributed by atoms with E-state index < -0.39 is 11.9 Å². The van der Waals surface area contributed by atoms with E-state index in [4.69, 9.17) is 10.5 Å². The number of aliphatic hydroxyl groups is 1. The molecular weight excluding hydrogens is 387 g/mol. The molecule has 1 aromatic carbocycles. The van der Waals surface area contributed by atoms with E-state index in [1.807, 2.05) is 6.07 Å². The lowest BCUT2D eigenvalue weighted by molar-refractivity contribution is 0.114. The number of nitrogens with two attached hydrogens (primary N) is 1. The van der Waals surface area contributed by atoms with Crippen molar-refractivity contribution in [2.75, 3.05) is 24.2 Å². The zero-order chi connectivity index (χ0) is 20.9. The number of halogens is 1. The number of nitrogen functional groups attached to an aromatic ring is 1. The van der Waals surface area contributed by atoms with Crippen LogP contribution in [0.2, 0.25) is 0 Å². The second-order valence-electron chi connectivity index (χ2n) is 7.27. The van der Waals surface area contributed by atoms with Crippen molar-refractivity contribution < 1.29 is 14.2 Å². The first-order valence-corrected chi connectivity index (χ1v) is 9.82. The van der Waals surface area contributed by atoms with E-state index in [9.17, 15) is 5.11 Å². The summed E-state index contributed by atoms with van der Waals surface area (Å²) in [6.45, 7) is 0.158. The highest BCUT2D eigenvalue weighted by Crippen LogP contribution is 2.43. The van der Waals surface area contributed by atoms with E-state index in [2.05, 4.69) is 25.3 Å². The lowest BCUT2D eigenvalue weighted by atomic mass is 9.79. The van der Waals surface area contributed by atoms with Gasteiger partial charge in [0.25, 0.3) is 0 Å². The first kappa shape index (κ1) is 20.0. The van der Waals surface area contributed by atoms with Crippen LogP contribution in [0.25, 0.3) is 11.3 Å². The monoisotopic (exact) mass is 410 g/mol. The van der Waals surface area contributed by atoms with Gasteiger partial charge in [0.05, 0.1) is 36.2 Å². The maximum Gasteiger partial charge on any atom is 0.174 e. The summed E-state index contributed by atoms with van der Waals surface area (Å²) in [5.74, 6) is 0.187. The summed E-state index contributed by atoms with van der Waals surface area (Å²) in [4.78, 5) is 16.0. The molecule has 8 nitrogen and oxygen atoms in total. The summed E-state index contributed by atoms with van der Waals surface area (Å²) in [5, 5.41) is 13.3. The highest BCUT2D eigenvalue weighted by atomic mass is 19.1. The molecule has 4 rings (SSSR count). The van der Waals surface area contributed by atoms with E-state index in [-0.39, 0.29) is 36.2 Å². The largest absolute Gasteiger partial charge is 0.487 e. The topological polar surface area (TPSA) is 119 Å². The van der Waals surface area contributed by atoms with Crippen molar-refractivity contribution in [2.24, 2.45) is 0 Å². The number of aromatic nitrogens is 4. The summed E-state index contributed by atoms with van der Waals surface area (Å²) in [5.41, 5.74) is 7.74. The third kappa shape index (κ3) is 4.46. The lowest BCUT2D eigenvalue weighted by Gasteiger charge is -2.28. The third-order valence-corrected chi connectivity index (χ3v) is 5.14. The normalized spacial score (nSPS) is 14.7. The van der Waals surface area contributed by atoms with Crippen LogP contribution < -0.4 is 15.8 Å². The highest BCUT2D eigenvalue weighted by Gasteiger charge is 2.27. The molecule has 1 atom stereocenters. The quantitative estimate of drug-likeness (QED) is 0.519. The lowest BCUT2D eigenvalue weighted by Crippen LogP contribution is -2.27. The number of nitrogens with one attached hydrogen (secondary N) is 1. The Bertz CT molecular complexity index is 983. The fraction of sp³-hybridized carbons (Fsp3) is 0.333. The van der Waals surface area contributed by atoms with Crippen molar-refractivity contribution in [3.8, 4) is 17.0 Å². The number of aliphatic hydroxyl groups excluding tert-OH is 1. The highest BCUT2D eigenvalue weighted by molar-refractivity contribution is 5.64. The van der Waals surface area contributed by atoms with Crippen LogP contribution in [0.3, 0.4) is 0 Å². The summed E-state index contributed by atoms with van der Waals surface area (Å²) in [7, 11) is 0. The molecule has 1 fully saturated rings. The number of anilines is 2. The van der Waals surface area contributed by atoms with E-state index in [0.29, 0.717) is 11.4 Å². The number of hydrogen-bond donors (Lipinski definition) is 3. The van der Waals surface area contributed by atoms with Gasteiger partial charge in [-0.2, -0.15) is 0 Å². The van der Waals surface area contributed by atoms with Crippen molar-refractivity contribution in [3.05, 3.63) is 54.6 Å². The van der Waals surface area contributed by atoms with Gasteiger partial charge in [-0.1, -0.05) is 12.5 Å². The van der Waals surface area contributed by atoms with Gasteiger partial charge in [-0.15, -0.1) is 0 Å². The van der Waals surface area contributed by atoms with Crippen LogP contribution in [0.5, 0.6) is 5.75 Å². The molecular formula is C21H23FN6O2. The fourth-order valence-electron chi connectivity index (χ4n) is 3.30. The molecule has 0 amide bonds. The number of rotatable bonds is 8. The Labute approximate surface area is 173 Å². The van der Waals surface area contributed by atoms with Crippen LogP contribution in [-0.2, 0) is 0 Å². The molecule has 30 heavy (non-hydrogen) atoms. The predicted octanol–water partition coefficient (Wildman–Crippen LogP) is 2.77. The van der Waals surface area contributed by atoms with Crippen molar-refractivity contribution in [3.63, 3.8) is 0 Å². The molecule has 0 aliphatic heterocycles. The summed E-state index contributed by atoms with van der Waals surface area (Å²) >= 11 is 0. The average Bonchev–Trinajstić information content (AvgIpc) is 2.72. The van der Waals surface area contributed by atoms with Crippen molar-refractivity contribution in [1.29, 1.82) is 0 Å². The molecule has 3 aromatic rings. The molecule has 156 valence electrons. The molecule has 0 spiro atoms. The molecule has 2 heterocycles. The number of nitrogens with zero attached hydrogens (tertiary/aromatic N) is 4. The van der Waals surface area contributed by atoms with Gasteiger partial charge in [0.15, 0.2) is 11.6 Å². The molecule has 0 saturated heterocycles. The van der Waals surface area contributed by atoms with E-state index in [1.54, 1.807) is 18.5 Å². The molecule has 1 unspecified atom stereocenters. The smallest absolute Gasteiger partial charge is 0.174 e. The van der Waals surface area contributed by atoms with Gasteiger partial charge in [0.1, 0.15) is 24.9 Å². The molecule has 1 aliphatic carbocycles. The second kappa shape index (κ2) is 9.00. The van der Waals surface area contributed by atoms with E-state index >= 15 is 4.39 Å². The summed E-state index contributed by atoms with van der Waals surface area (Å²) in [6, 6.07) is 3.57. The summed E-state index contributed by atoms with van der Waals surface area (Å²) < 4.78 is 21.2. The van der Waals surface area contributed by atoms with E-state index in [1.165, 1.54) is 18.7 Å². The van der Waals surface area contributed by atoms with Gasteiger partial charge in [-0.3, -0.25) is 4.98 Å². The van der Waals surface area contributed by atoms with Crippen LogP contribution in [0.4, 0.5) is 15.9 Å². The number of benzene rings is 1. The Morgan fingerprint density at radius 1 is 1.17 bits per heavy atom. The molecule has 0 radical (unpaired) electrons. The van der Waals surface area contributed by atoms with Gasteiger partial charge in [-0.05, 0) is 24.8 Å². The van der Waals surface area contributed by atoms with Crippen molar-refractivity contribution in [2.45, 2.75) is 31.3 Å². The minimum atomic E-state index is -0.848. The zero-order valence-corrected chi connectivity index (χ0v) is 16.3. The Hall–Kier alpha value is -3.33. The molecule has 4 N–H and O–H groups in total. The van der Waals surface area contributed by atoms with Gasteiger partial charge < -0.3 is 20.9 Å². The molecule has 1 aliphatic rings. The number of hydrogen-bond acceptors (Lipinski definition) is 8. The average molecular weight is 410 g/mol. The molecule has 9 heteroatoms. The first-order valence-electron chi connectivity index (χ1n) is 9.82. The maximum atomic E-state index is 15.4. The van der Waals surface area contributed by atoms with Crippen molar-refractivity contribution in [1.82, 2.24) is 19.9 Å². The Morgan fingerprint density at radius 3 is 2.63 bits per heavy atom. The second-order valence-corrected chi connectivity index (χ2v) is 7.27. The predicted molar refractivity (Wildman–Crippen MR) is 110 cm³/mol. The molecule has 2 aromatic heterocycles. The van der Waals surface area contributed by atoms with Crippen LogP contribution in [0.15, 0.2) is 43.2 Å². The van der Waals surface area contributed by atoms with Crippen LogP contribution >= 0.6 is 0 Å². The minimum Gasteiger partial charge on any atom is -0.487 e. The third-order valence-electron chi connectivity index (χ3n) is 5.14.